The Bertz CT molecular complexity index is 447. The molecule has 0 radical (unpaired) electrons. The molecule has 13 heavy (non-hydrogen) atoms. The largest absolute Gasteiger partial charge is 0.494 e. The maximum atomic E-state index is 13.2. The predicted octanol–water partition coefficient (Wildman–Crippen LogP) is 2.62. The van der Waals surface area contributed by atoms with E-state index in [1.54, 1.807) is 6.07 Å². The molecule has 0 aliphatic heterocycles. The van der Waals surface area contributed by atoms with Gasteiger partial charge in [0.2, 0.25) is 0 Å². The Labute approximate surface area is 75.3 Å². The van der Waals surface area contributed by atoms with Crippen LogP contribution in [0, 0.1) is 12.7 Å². The first-order valence-electron chi connectivity index (χ1n) is 4.03. The summed E-state index contributed by atoms with van der Waals surface area (Å²) in [4.78, 5) is 3.11. The summed E-state index contributed by atoms with van der Waals surface area (Å²) >= 11 is 0. The van der Waals surface area contributed by atoms with Crippen LogP contribution in [-0.4, -0.2) is 12.1 Å². The van der Waals surface area contributed by atoms with Gasteiger partial charge < -0.3 is 9.72 Å². The summed E-state index contributed by atoms with van der Waals surface area (Å²) in [5, 5.41) is 0.871. The molecule has 0 atom stereocenters. The van der Waals surface area contributed by atoms with Gasteiger partial charge in [-0.1, -0.05) is 0 Å². The molecule has 0 bridgehead atoms. The number of aryl methyl sites for hydroxylation is 1. The molecule has 0 aliphatic carbocycles. The van der Waals surface area contributed by atoms with E-state index >= 15 is 0 Å². The molecular formula is C10H10FNO. The lowest BCUT2D eigenvalue weighted by atomic mass is 10.2. The number of nitrogens with one attached hydrogen (secondary N) is 1. The highest BCUT2D eigenvalue weighted by Crippen LogP contribution is 2.24. The second-order valence-corrected chi connectivity index (χ2v) is 3.03. The smallest absolute Gasteiger partial charge is 0.165 e. The number of methoxy groups -OCH3 is 1. The average molecular weight is 179 g/mol. The fourth-order valence-corrected chi connectivity index (χ4v) is 1.43. The van der Waals surface area contributed by atoms with Crippen LogP contribution in [0.15, 0.2) is 18.2 Å². The normalized spacial score (nSPS) is 10.7. The van der Waals surface area contributed by atoms with Crippen LogP contribution in [0.2, 0.25) is 0 Å². The standard InChI is InChI=1S/C10H10FNO/c1-6-3-7-4-8(11)10(13-2)5-9(7)12-6/h3-5,12H,1-2H3. The van der Waals surface area contributed by atoms with Gasteiger partial charge in [-0.2, -0.15) is 0 Å². The Balaban J connectivity index is 2.72. The minimum atomic E-state index is -0.325. The average Bonchev–Trinajstić information content (AvgIpc) is 2.42. The molecule has 1 aromatic carbocycles. The molecule has 2 aromatic rings. The summed E-state index contributed by atoms with van der Waals surface area (Å²) < 4.78 is 18.1. The minimum absolute atomic E-state index is 0.273. The van der Waals surface area contributed by atoms with E-state index in [1.165, 1.54) is 13.2 Å². The van der Waals surface area contributed by atoms with Crippen LogP contribution in [0.25, 0.3) is 10.9 Å². The van der Waals surface area contributed by atoms with Crippen molar-refractivity contribution in [1.82, 2.24) is 4.98 Å². The highest BCUT2D eigenvalue weighted by Gasteiger charge is 2.05. The van der Waals surface area contributed by atoms with Gasteiger partial charge in [-0.25, -0.2) is 4.39 Å². The molecule has 3 heteroatoms. The van der Waals surface area contributed by atoms with E-state index in [0.29, 0.717) is 0 Å². The van der Waals surface area contributed by atoms with E-state index in [4.69, 9.17) is 4.74 Å². The van der Waals surface area contributed by atoms with Gasteiger partial charge >= 0.3 is 0 Å². The zero-order valence-electron chi connectivity index (χ0n) is 7.52. The molecule has 0 fully saturated rings. The van der Waals surface area contributed by atoms with Gasteiger partial charge in [-0.05, 0) is 19.1 Å². The molecule has 0 amide bonds. The predicted molar refractivity (Wildman–Crippen MR) is 49.5 cm³/mol. The molecule has 1 aromatic heterocycles. The number of halogens is 1. The highest BCUT2D eigenvalue weighted by molar-refractivity contribution is 5.81. The third kappa shape index (κ3) is 1.26. The zero-order chi connectivity index (χ0) is 9.42. The van der Waals surface area contributed by atoms with Crippen LogP contribution >= 0.6 is 0 Å². The second kappa shape index (κ2) is 2.76. The molecule has 1 heterocycles. The van der Waals surface area contributed by atoms with E-state index in [-0.39, 0.29) is 11.6 Å². The van der Waals surface area contributed by atoms with Gasteiger partial charge in [-0.15, -0.1) is 0 Å². The van der Waals surface area contributed by atoms with Crippen molar-refractivity contribution in [2.24, 2.45) is 0 Å². The maximum absolute atomic E-state index is 13.2. The minimum Gasteiger partial charge on any atom is -0.494 e. The number of hydrogen-bond donors (Lipinski definition) is 1. The van der Waals surface area contributed by atoms with E-state index < -0.39 is 0 Å². The van der Waals surface area contributed by atoms with Crippen molar-refractivity contribution < 1.29 is 9.13 Å². The molecule has 2 nitrogen and oxygen atoms in total. The van der Waals surface area contributed by atoms with Crippen molar-refractivity contribution in [1.29, 1.82) is 0 Å². The van der Waals surface area contributed by atoms with Crippen molar-refractivity contribution in [2.75, 3.05) is 7.11 Å². The van der Waals surface area contributed by atoms with Gasteiger partial charge in [0.1, 0.15) is 0 Å². The molecule has 0 spiro atoms. The van der Waals surface area contributed by atoms with Crippen LogP contribution in [0.4, 0.5) is 4.39 Å². The molecule has 68 valence electrons. The van der Waals surface area contributed by atoms with E-state index in [0.717, 1.165) is 16.6 Å². The van der Waals surface area contributed by atoms with Gasteiger partial charge in [-0.3, -0.25) is 0 Å². The molecule has 2 rings (SSSR count). The van der Waals surface area contributed by atoms with Crippen LogP contribution in [0.1, 0.15) is 5.69 Å². The van der Waals surface area contributed by atoms with E-state index in [2.05, 4.69) is 4.98 Å². The first-order chi connectivity index (χ1) is 6.20. The van der Waals surface area contributed by atoms with Gasteiger partial charge in [0, 0.05) is 22.7 Å². The Hall–Kier alpha value is -1.51. The summed E-state index contributed by atoms with van der Waals surface area (Å²) in [7, 11) is 1.46. The third-order valence-electron chi connectivity index (χ3n) is 2.03. The lowest BCUT2D eigenvalue weighted by Crippen LogP contribution is -1.86. The van der Waals surface area contributed by atoms with Crippen molar-refractivity contribution in [3.05, 3.63) is 29.7 Å². The van der Waals surface area contributed by atoms with Crippen LogP contribution < -0.4 is 4.74 Å². The molecule has 0 aliphatic rings. The fraction of sp³-hybridized carbons (Fsp3) is 0.200. The number of benzene rings is 1. The number of hydrogen-bond acceptors (Lipinski definition) is 1. The second-order valence-electron chi connectivity index (χ2n) is 3.03. The Morgan fingerprint density at radius 1 is 1.31 bits per heavy atom. The van der Waals surface area contributed by atoms with Gasteiger partial charge in [0.05, 0.1) is 7.11 Å². The number of rotatable bonds is 1. The summed E-state index contributed by atoms with van der Waals surface area (Å²) in [5.74, 6) is -0.0525. The van der Waals surface area contributed by atoms with Crippen LogP contribution in [0.3, 0.4) is 0 Å². The number of aromatic nitrogens is 1. The van der Waals surface area contributed by atoms with Gasteiger partial charge in [0.15, 0.2) is 11.6 Å². The van der Waals surface area contributed by atoms with Crippen molar-refractivity contribution in [2.45, 2.75) is 6.92 Å². The Kier molecular flexibility index (Phi) is 1.72. The molecule has 1 N–H and O–H groups in total. The summed E-state index contributed by atoms with van der Waals surface area (Å²) in [6.07, 6.45) is 0. The quantitative estimate of drug-likeness (QED) is 0.715. The monoisotopic (exact) mass is 179 g/mol. The first-order valence-corrected chi connectivity index (χ1v) is 4.03. The first kappa shape index (κ1) is 8.10. The van der Waals surface area contributed by atoms with E-state index in [9.17, 15) is 4.39 Å². The molecule has 0 unspecified atom stereocenters. The maximum Gasteiger partial charge on any atom is 0.165 e. The SMILES string of the molecule is COc1cc2[nH]c(C)cc2cc1F. The summed E-state index contributed by atoms with van der Waals surface area (Å²) in [6, 6.07) is 5.03. The van der Waals surface area contributed by atoms with Crippen molar-refractivity contribution in [3.63, 3.8) is 0 Å². The molecule has 0 saturated carbocycles. The van der Waals surface area contributed by atoms with Crippen molar-refractivity contribution in [3.8, 4) is 5.75 Å². The Morgan fingerprint density at radius 2 is 2.08 bits per heavy atom. The zero-order valence-corrected chi connectivity index (χ0v) is 7.52. The number of H-pyrrole nitrogens is 1. The lowest BCUT2D eigenvalue weighted by Gasteiger charge is -2.00. The summed E-state index contributed by atoms with van der Waals surface area (Å²) in [6.45, 7) is 1.93. The fourth-order valence-electron chi connectivity index (χ4n) is 1.43. The topological polar surface area (TPSA) is 25.0 Å². The number of aromatic amines is 1. The highest BCUT2D eigenvalue weighted by atomic mass is 19.1. The van der Waals surface area contributed by atoms with Gasteiger partial charge in [0.25, 0.3) is 0 Å². The molecular weight excluding hydrogens is 169 g/mol. The Morgan fingerprint density at radius 3 is 2.77 bits per heavy atom. The number of ether oxygens (including phenoxy) is 1. The lowest BCUT2D eigenvalue weighted by molar-refractivity contribution is 0.387. The van der Waals surface area contributed by atoms with Crippen molar-refractivity contribution >= 4 is 10.9 Å². The van der Waals surface area contributed by atoms with E-state index in [1.807, 2.05) is 13.0 Å². The third-order valence-corrected chi connectivity index (χ3v) is 2.03. The van der Waals surface area contributed by atoms with Crippen LogP contribution in [0.5, 0.6) is 5.75 Å². The van der Waals surface area contributed by atoms with Crippen LogP contribution in [-0.2, 0) is 0 Å². The number of fused-ring (bicyclic) bond motifs is 1. The summed E-state index contributed by atoms with van der Waals surface area (Å²) in [5.41, 5.74) is 1.92. The molecule has 0 saturated heterocycles.